The third-order valence-corrected chi connectivity index (χ3v) is 6.12. The molecule has 8 nitrogen and oxygen atoms in total. The van der Waals surface area contributed by atoms with Crippen LogP contribution < -0.4 is 16.2 Å². The maximum absolute atomic E-state index is 12.9. The van der Waals surface area contributed by atoms with E-state index in [1.165, 1.54) is 4.57 Å². The fraction of sp³-hybridized carbons (Fsp3) is 0.172. The van der Waals surface area contributed by atoms with Crippen LogP contribution in [-0.2, 0) is 12.0 Å². The summed E-state index contributed by atoms with van der Waals surface area (Å²) in [5, 5.41) is 0. The number of hydrogen-bond acceptors (Lipinski definition) is 5. The summed E-state index contributed by atoms with van der Waals surface area (Å²) in [5.41, 5.74) is 9.05. The molecular formula is C29H27N5O3. The highest BCUT2D eigenvalue weighted by Crippen LogP contribution is 2.26. The highest BCUT2D eigenvalue weighted by Gasteiger charge is 2.21. The van der Waals surface area contributed by atoms with Crippen molar-refractivity contribution in [3.8, 4) is 22.8 Å². The zero-order valence-electron chi connectivity index (χ0n) is 20.9. The van der Waals surface area contributed by atoms with E-state index in [-0.39, 0.29) is 28.1 Å². The summed E-state index contributed by atoms with van der Waals surface area (Å²) in [6.07, 6.45) is 0. The van der Waals surface area contributed by atoms with Crippen LogP contribution in [0, 0.1) is 0 Å². The minimum Gasteiger partial charge on any atom is -0.489 e. The first-order chi connectivity index (χ1) is 17.7. The molecule has 0 aliphatic heterocycles. The van der Waals surface area contributed by atoms with Crippen LogP contribution in [0.2, 0.25) is 0 Å². The lowest BCUT2D eigenvalue weighted by molar-refractivity contribution is 0.0997. The molecule has 0 radical (unpaired) electrons. The number of aromatic nitrogens is 4. The highest BCUT2D eigenvalue weighted by atomic mass is 16.5. The normalized spacial score (nSPS) is 11.5. The van der Waals surface area contributed by atoms with E-state index in [2.05, 4.69) is 35.7 Å². The fourth-order valence-electron chi connectivity index (χ4n) is 4.08. The Hall–Kier alpha value is -4.72. The van der Waals surface area contributed by atoms with Crippen LogP contribution in [0.25, 0.3) is 28.2 Å². The van der Waals surface area contributed by atoms with Crippen LogP contribution in [0.4, 0.5) is 0 Å². The summed E-state index contributed by atoms with van der Waals surface area (Å²) < 4.78 is 7.29. The standard InChI is InChI=1S/C29H27N5O3/c1-29(2,3)20-11-13-21(14-12-20)34-27-24(32-28(34)36)23(25(30)35)31-26(33-27)19-9-15-22(16-10-19)37-17-18-7-5-4-6-8-18/h4-16H,17H2,1-3H3,(H2,30,35)(H,32,36). The van der Waals surface area contributed by atoms with Gasteiger partial charge in [-0.05, 0) is 52.9 Å². The molecule has 8 heteroatoms. The van der Waals surface area contributed by atoms with E-state index in [1.54, 1.807) is 12.1 Å². The summed E-state index contributed by atoms with van der Waals surface area (Å²) in [4.78, 5) is 36.9. The molecule has 3 N–H and O–H groups in total. The smallest absolute Gasteiger partial charge is 0.332 e. The number of amides is 1. The Morgan fingerprint density at radius 3 is 2.24 bits per heavy atom. The zero-order chi connectivity index (χ0) is 26.2. The third kappa shape index (κ3) is 4.86. The molecule has 2 aromatic heterocycles. The van der Waals surface area contributed by atoms with Crippen molar-refractivity contribution in [2.24, 2.45) is 5.73 Å². The van der Waals surface area contributed by atoms with Gasteiger partial charge in [-0.3, -0.25) is 4.79 Å². The molecule has 0 fully saturated rings. The molecule has 0 atom stereocenters. The predicted octanol–water partition coefficient (Wildman–Crippen LogP) is 4.75. The number of carbonyl (C=O) groups excluding carboxylic acids is 1. The van der Waals surface area contributed by atoms with Gasteiger partial charge < -0.3 is 15.5 Å². The summed E-state index contributed by atoms with van der Waals surface area (Å²) in [6.45, 7) is 6.81. The Kier molecular flexibility index (Phi) is 6.09. The van der Waals surface area contributed by atoms with Gasteiger partial charge in [0.05, 0.1) is 5.69 Å². The molecule has 0 aliphatic rings. The van der Waals surface area contributed by atoms with Gasteiger partial charge in [0.15, 0.2) is 17.2 Å². The maximum Gasteiger partial charge on any atom is 0.332 e. The number of primary amides is 1. The number of benzene rings is 3. The number of nitrogens with two attached hydrogens (primary N) is 1. The first kappa shape index (κ1) is 24.0. The van der Waals surface area contributed by atoms with Gasteiger partial charge in [0.2, 0.25) is 0 Å². The highest BCUT2D eigenvalue weighted by molar-refractivity contribution is 6.02. The summed E-state index contributed by atoms with van der Waals surface area (Å²) >= 11 is 0. The van der Waals surface area contributed by atoms with Gasteiger partial charge in [0, 0.05) is 5.56 Å². The zero-order valence-corrected chi connectivity index (χ0v) is 20.9. The van der Waals surface area contributed by atoms with Crippen molar-refractivity contribution in [2.45, 2.75) is 32.8 Å². The van der Waals surface area contributed by atoms with E-state index in [9.17, 15) is 9.59 Å². The van der Waals surface area contributed by atoms with Gasteiger partial charge in [-0.25, -0.2) is 19.3 Å². The van der Waals surface area contributed by atoms with Crippen molar-refractivity contribution < 1.29 is 9.53 Å². The molecule has 3 aromatic carbocycles. The second kappa shape index (κ2) is 9.39. The number of fused-ring (bicyclic) bond motifs is 1. The van der Waals surface area contributed by atoms with Crippen molar-refractivity contribution in [3.05, 3.63) is 106 Å². The van der Waals surface area contributed by atoms with Crippen LogP contribution >= 0.6 is 0 Å². The number of ether oxygens (including phenoxy) is 1. The SMILES string of the molecule is CC(C)(C)c1ccc(-n2c(=O)[nH]c3c(C(N)=O)nc(-c4ccc(OCc5ccccc5)cc4)nc32)cc1. The minimum absolute atomic E-state index is 0.0326. The van der Waals surface area contributed by atoms with Gasteiger partial charge in [-0.15, -0.1) is 0 Å². The summed E-state index contributed by atoms with van der Waals surface area (Å²) in [5.74, 6) is 0.198. The molecule has 0 unspecified atom stereocenters. The topological polar surface area (TPSA) is 116 Å². The van der Waals surface area contributed by atoms with Crippen molar-refractivity contribution in [2.75, 3.05) is 0 Å². The Balaban J connectivity index is 1.53. The Bertz CT molecular complexity index is 1630. The fourth-order valence-corrected chi connectivity index (χ4v) is 4.08. The molecule has 2 heterocycles. The Morgan fingerprint density at radius 2 is 1.62 bits per heavy atom. The number of imidazole rings is 1. The average molecular weight is 494 g/mol. The molecule has 0 aliphatic carbocycles. The predicted molar refractivity (Wildman–Crippen MR) is 143 cm³/mol. The van der Waals surface area contributed by atoms with Crippen LogP contribution in [-0.4, -0.2) is 25.4 Å². The third-order valence-electron chi connectivity index (χ3n) is 6.12. The number of carbonyl (C=O) groups is 1. The number of aromatic amines is 1. The molecule has 0 saturated heterocycles. The maximum atomic E-state index is 12.9. The van der Waals surface area contributed by atoms with Crippen LogP contribution in [0.1, 0.15) is 42.4 Å². The summed E-state index contributed by atoms with van der Waals surface area (Å²) in [6, 6.07) is 24.8. The van der Waals surface area contributed by atoms with E-state index in [0.717, 1.165) is 11.1 Å². The molecule has 1 amide bonds. The quantitative estimate of drug-likeness (QED) is 0.354. The largest absolute Gasteiger partial charge is 0.489 e. The lowest BCUT2D eigenvalue weighted by Gasteiger charge is -2.19. The molecule has 186 valence electrons. The Labute approximate surface area is 213 Å². The van der Waals surface area contributed by atoms with Crippen LogP contribution in [0.5, 0.6) is 5.75 Å². The molecule has 37 heavy (non-hydrogen) atoms. The van der Waals surface area contributed by atoms with Gasteiger partial charge in [0.1, 0.15) is 17.9 Å². The van der Waals surface area contributed by atoms with Gasteiger partial charge in [0.25, 0.3) is 5.91 Å². The number of H-pyrrole nitrogens is 1. The first-order valence-electron chi connectivity index (χ1n) is 11.9. The Morgan fingerprint density at radius 1 is 0.946 bits per heavy atom. The van der Waals surface area contributed by atoms with E-state index in [4.69, 9.17) is 10.5 Å². The lowest BCUT2D eigenvalue weighted by atomic mass is 9.87. The first-order valence-corrected chi connectivity index (χ1v) is 11.9. The van der Waals surface area contributed by atoms with Crippen molar-refractivity contribution in [3.63, 3.8) is 0 Å². The van der Waals surface area contributed by atoms with Gasteiger partial charge in [-0.2, -0.15) is 0 Å². The lowest BCUT2D eigenvalue weighted by Crippen LogP contribution is -2.16. The van der Waals surface area contributed by atoms with Gasteiger partial charge in [-0.1, -0.05) is 63.2 Å². The molecule has 5 rings (SSSR count). The second-order valence-corrected chi connectivity index (χ2v) is 9.82. The van der Waals surface area contributed by atoms with Crippen LogP contribution in [0.15, 0.2) is 83.7 Å². The molecule has 0 bridgehead atoms. The second-order valence-electron chi connectivity index (χ2n) is 9.82. The number of nitrogens with one attached hydrogen (secondary N) is 1. The average Bonchev–Trinajstić information content (AvgIpc) is 3.22. The summed E-state index contributed by atoms with van der Waals surface area (Å²) in [7, 11) is 0. The van der Waals surface area contributed by atoms with E-state index < -0.39 is 11.6 Å². The van der Waals surface area contributed by atoms with Crippen molar-refractivity contribution >= 4 is 17.1 Å². The molecular weight excluding hydrogens is 466 g/mol. The number of rotatable bonds is 6. The van der Waals surface area contributed by atoms with E-state index in [0.29, 0.717) is 23.6 Å². The monoisotopic (exact) mass is 493 g/mol. The van der Waals surface area contributed by atoms with E-state index in [1.807, 2.05) is 66.7 Å². The number of hydrogen-bond donors (Lipinski definition) is 2. The van der Waals surface area contributed by atoms with Gasteiger partial charge >= 0.3 is 5.69 Å². The van der Waals surface area contributed by atoms with Crippen molar-refractivity contribution in [1.29, 1.82) is 0 Å². The molecule has 0 saturated carbocycles. The minimum atomic E-state index is -0.757. The van der Waals surface area contributed by atoms with E-state index >= 15 is 0 Å². The molecule has 5 aromatic rings. The van der Waals surface area contributed by atoms with Crippen molar-refractivity contribution in [1.82, 2.24) is 19.5 Å². The molecule has 0 spiro atoms. The van der Waals surface area contributed by atoms with Crippen LogP contribution in [0.3, 0.4) is 0 Å². The number of nitrogens with zero attached hydrogens (tertiary/aromatic N) is 3.